The van der Waals surface area contributed by atoms with Gasteiger partial charge in [-0.15, -0.1) is 11.3 Å². The van der Waals surface area contributed by atoms with Crippen molar-refractivity contribution < 1.29 is 19.1 Å². The van der Waals surface area contributed by atoms with E-state index in [-0.39, 0.29) is 11.7 Å². The summed E-state index contributed by atoms with van der Waals surface area (Å²) in [6.45, 7) is 3.47. The van der Waals surface area contributed by atoms with Crippen LogP contribution in [0.3, 0.4) is 0 Å². The smallest absolute Gasteiger partial charge is 0.326 e. The quantitative estimate of drug-likeness (QED) is 0.887. The third kappa shape index (κ3) is 3.71. The van der Waals surface area contributed by atoms with Crippen molar-refractivity contribution in [3.05, 3.63) is 47.1 Å². The Morgan fingerprint density at radius 2 is 1.77 bits per heavy atom. The molecule has 4 nitrogen and oxygen atoms in total. The van der Waals surface area contributed by atoms with Gasteiger partial charge in [0.1, 0.15) is 11.9 Å². The lowest BCUT2D eigenvalue weighted by molar-refractivity contribution is -0.140. The average molecular weight is 321 g/mol. The number of rotatable bonds is 5. The summed E-state index contributed by atoms with van der Waals surface area (Å²) < 4.78 is 12.9. The predicted molar refractivity (Wildman–Crippen MR) is 83.4 cm³/mol. The largest absolute Gasteiger partial charge is 0.480 e. The Morgan fingerprint density at radius 1 is 1.14 bits per heavy atom. The second-order valence-electron chi connectivity index (χ2n) is 5.20. The van der Waals surface area contributed by atoms with Crippen LogP contribution in [0.5, 0.6) is 0 Å². The summed E-state index contributed by atoms with van der Waals surface area (Å²) in [5.41, 5.74) is 0.809. The van der Waals surface area contributed by atoms with E-state index >= 15 is 0 Å². The standard InChI is InChI=1S/C16H16FNO3S/c1-9(2)14(16(20)21)18-15(19)13-8-7-12(22-13)10-3-5-11(17)6-4-10/h3-9,14H,1-2H3,(H,18,19)(H,20,21). The molecule has 1 aromatic heterocycles. The number of hydrogen-bond donors (Lipinski definition) is 2. The molecular weight excluding hydrogens is 305 g/mol. The Balaban J connectivity index is 2.15. The van der Waals surface area contributed by atoms with Crippen LogP contribution in [0.2, 0.25) is 0 Å². The number of carbonyl (C=O) groups is 2. The number of carboxylic acid groups (broad SMARTS) is 1. The van der Waals surface area contributed by atoms with Crippen molar-refractivity contribution in [3.63, 3.8) is 0 Å². The van der Waals surface area contributed by atoms with Crippen LogP contribution < -0.4 is 5.32 Å². The van der Waals surface area contributed by atoms with Crippen LogP contribution in [0, 0.1) is 11.7 Å². The number of aliphatic carboxylic acids is 1. The molecule has 0 aliphatic rings. The van der Waals surface area contributed by atoms with Gasteiger partial charge in [-0.3, -0.25) is 4.79 Å². The van der Waals surface area contributed by atoms with E-state index in [0.717, 1.165) is 10.4 Å². The van der Waals surface area contributed by atoms with E-state index in [4.69, 9.17) is 5.11 Å². The highest BCUT2D eigenvalue weighted by atomic mass is 32.1. The number of benzene rings is 1. The minimum absolute atomic E-state index is 0.210. The van der Waals surface area contributed by atoms with Gasteiger partial charge in [0.05, 0.1) is 4.88 Å². The zero-order chi connectivity index (χ0) is 16.3. The molecule has 1 heterocycles. The second kappa shape index (κ2) is 6.70. The van der Waals surface area contributed by atoms with Gasteiger partial charge in [0.2, 0.25) is 0 Å². The van der Waals surface area contributed by atoms with Crippen molar-refractivity contribution >= 4 is 23.2 Å². The third-order valence-electron chi connectivity index (χ3n) is 3.18. The molecule has 1 unspecified atom stereocenters. The summed E-state index contributed by atoms with van der Waals surface area (Å²) in [6.07, 6.45) is 0. The van der Waals surface area contributed by atoms with Crippen molar-refractivity contribution in [2.24, 2.45) is 5.92 Å². The average Bonchev–Trinajstić information content (AvgIpc) is 2.94. The first-order valence-electron chi connectivity index (χ1n) is 6.78. The lowest BCUT2D eigenvalue weighted by Gasteiger charge is -2.17. The van der Waals surface area contributed by atoms with Crippen molar-refractivity contribution in [3.8, 4) is 10.4 Å². The van der Waals surface area contributed by atoms with Crippen LogP contribution in [0.1, 0.15) is 23.5 Å². The minimum atomic E-state index is -1.06. The molecule has 22 heavy (non-hydrogen) atoms. The van der Waals surface area contributed by atoms with E-state index in [1.165, 1.54) is 23.5 Å². The van der Waals surface area contributed by atoms with Gasteiger partial charge in [-0.05, 0) is 35.7 Å². The van der Waals surface area contributed by atoms with Crippen LogP contribution in [0.25, 0.3) is 10.4 Å². The summed E-state index contributed by atoms with van der Waals surface area (Å²) in [4.78, 5) is 24.5. The fourth-order valence-electron chi connectivity index (χ4n) is 1.96. The highest BCUT2D eigenvalue weighted by molar-refractivity contribution is 7.17. The van der Waals surface area contributed by atoms with Gasteiger partial charge in [-0.25, -0.2) is 9.18 Å². The number of hydrogen-bond acceptors (Lipinski definition) is 3. The normalized spacial score (nSPS) is 12.2. The fourth-order valence-corrected chi connectivity index (χ4v) is 2.87. The molecule has 0 aliphatic carbocycles. The van der Waals surface area contributed by atoms with Gasteiger partial charge in [-0.2, -0.15) is 0 Å². The number of amides is 1. The second-order valence-corrected chi connectivity index (χ2v) is 6.29. The number of thiophene rings is 1. The van der Waals surface area contributed by atoms with Crippen molar-refractivity contribution in [2.45, 2.75) is 19.9 Å². The van der Waals surface area contributed by atoms with E-state index in [9.17, 15) is 14.0 Å². The lowest BCUT2D eigenvalue weighted by Crippen LogP contribution is -2.44. The molecule has 2 aromatic rings. The first kappa shape index (κ1) is 16.2. The Kier molecular flexibility index (Phi) is 4.92. The van der Waals surface area contributed by atoms with Crippen LogP contribution in [0.15, 0.2) is 36.4 Å². The van der Waals surface area contributed by atoms with Gasteiger partial charge in [0, 0.05) is 4.88 Å². The lowest BCUT2D eigenvalue weighted by atomic mass is 10.0. The summed E-state index contributed by atoms with van der Waals surface area (Å²) >= 11 is 1.24. The Labute approximate surface area is 131 Å². The Hall–Kier alpha value is -2.21. The minimum Gasteiger partial charge on any atom is -0.480 e. The zero-order valence-corrected chi connectivity index (χ0v) is 13.0. The zero-order valence-electron chi connectivity index (χ0n) is 12.2. The van der Waals surface area contributed by atoms with Gasteiger partial charge in [0.25, 0.3) is 5.91 Å². The molecule has 116 valence electrons. The van der Waals surface area contributed by atoms with E-state index in [1.54, 1.807) is 38.1 Å². The maximum atomic E-state index is 12.9. The molecule has 0 aliphatic heterocycles. The molecule has 0 bridgehead atoms. The van der Waals surface area contributed by atoms with Crippen molar-refractivity contribution in [1.82, 2.24) is 5.32 Å². The van der Waals surface area contributed by atoms with Gasteiger partial charge < -0.3 is 10.4 Å². The van der Waals surface area contributed by atoms with Crippen molar-refractivity contribution in [2.75, 3.05) is 0 Å². The van der Waals surface area contributed by atoms with Crippen LogP contribution in [0.4, 0.5) is 4.39 Å². The van der Waals surface area contributed by atoms with Gasteiger partial charge >= 0.3 is 5.97 Å². The SMILES string of the molecule is CC(C)C(NC(=O)c1ccc(-c2ccc(F)cc2)s1)C(=O)O. The summed E-state index contributed by atoms with van der Waals surface area (Å²) in [6, 6.07) is 8.45. The maximum Gasteiger partial charge on any atom is 0.326 e. The third-order valence-corrected chi connectivity index (χ3v) is 4.31. The number of carbonyl (C=O) groups excluding carboxylic acids is 1. The van der Waals surface area contributed by atoms with Crippen molar-refractivity contribution in [1.29, 1.82) is 0 Å². The molecule has 1 amide bonds. The van der Waals surface area contributed by atoms with Crippen LogP contribution >= 0.6 is 11.3 Å². The molecule has 0 spiro atoms. The highest BCUT2D eigenvalue weighted by Gasteiger charge is 2.24. The number of carboxylic acids is 1. The summed E-state index contributed by atoms with van der Waals surface area (Å²) in [7, 11) is 0. The molecule has 2 N–H and O–H groups in total. The molecule has 6 heteroatoms. The van der Waals surface area contributed by atoms with Crippen LogP contribution in [-0.4, -0.2) is 23.0 Å². The molecule has 0 saturated carbocycles. The molecule has 0 radical (unpaired) electrons. The molecule has 0 fully saturated rings. The van der Waals surface area contributed by atoms with E-state index in [0.29, 0.717) is 4.88 Å². The Morgan fingerprint density at radius 3 is 2.32 bits per heavy atom. The molecule has 1 aromatic carbocycles. The fraction of sp³-hybridized carbons (Fsp3) is 0.250. The number of nitrogens with one attached hydrogen (secondary N) is 1. The number of halogens is 1. The first-order chi connectivity index (χ1) is 10.4. The van der Waals surface area contributed by atoms with Gasteiger partial charge in [-0.1, -0.05) is 26.0 Å². The predicted octanol–water partition coefficient (Wildman–Crippen LogP) is 3.39. The molecule has 1 atom stereocenters. The van der Waals surface area contributed by atoms with E-state index < -0.39 is 17.9 Å². The van der Waals surface area contributed by atoms with E-state index in [2.05, 4.69) is 5.32 Å². The molecule has 2 rings (SSSR count). The van der Waals surface area contributed by atoms with Gasteiger partial charge in [0.15, 0.2) is 0 Å². The Bertz CT molecular complexity index is 679. The topological polar surface area (TPSA) is 66.4 Å². The summed E-state index contributed by atoms with van der Waals surface area (Å²) in [5, 5.41) is 11.6. The molecule has 0 saturated heterocycles. The molecular formula is C16H16FNO3S. The maximum absolute atomic E-state index is 12.9. The van der Waals surface area contributed by atoms with E-state index in [1.807, 2.05) is 0 Å². The summed E-state index contributed by atoms with van der Waals surface area (Å²) in [5.74, 6) is -2.00. The highest BCUT2D eigenvalue weighted by Crippen LogP contribution is 2.28. The first-order valence-corrected chi connectivity index (χ1v) is 7.59. The monoisotopic (exact) mass is 321 g/mol. The van der Waals surface area contributed by atoms with Crippen LogP contribution in [-0.2, 0) is 4.79 Å².